The lowest BCUT2D eigenvalue weighted by atomic mass is 9.99. The van der Waals surface area contributed by atoms with E-state index in [0.717, 1.165) is 77.6 Å². The molecule has 8 heteroatoms. The number of nitrogens with zero attached hydrogens (tertiary/aromatic N) is 6. The van der Waals surface area contributed by atoms with Gasteiger partial charge in [0.1, 0.15) is 5.69 Å². The highest BCUT2D eigenvalue weighted by Gasteiger charge is 2.27. The number of benzene rings is 2. The van der Waals surface area contributed by atoms with Gasteiger partial charge in [-0.05, 0) is 114 Å². The zero-order valence-electron chi connectivity index (χ0n) is 27.2. The largest absolute Gasteiger partial charge is 0.351 e. The van der Waals surface area contributed by atoms with Crippen LogP contribution in [0.2, 0.25) is 0 Å². The number of fused-ring (bicyclic) bond motifs is 2. The van der Waals surface area contributed by atoms with Gasteiger partial charge in [0.25, 0.3) is 5.91 Å². The standard InChI is InChI=1S/C38H45N7O/c1-42-22-15-31(16-23-42)45(30-10-5-3-6-11-30)36-26-34(41-33-14-18-39-27-32(33)36)28-12-13-35-29(24-28)25-37(43(35)2)38(46)40-17-9-21-44-19-7-4-8-20-44/h3,5-6,10-14,18,24-27,31H,4,7-9,15-17,19-23H2,1-2H3,(H,40,46). The van der Waals surface area contributed by atoms with Crippen LogP contribution in [0.4, 0.5) is 11.4 Å². The lowest BCUT2D eigenvalue weighted by molar-refractivity contribution is 0.0943. The predicted octanol–water partition coefficient (Wildman–Crippen LogP) is 6.63. The van der Waals surface area contributed by atoms with Crippen molar-refractivity contribution in [1.29, 1.82) is 0 Å². The van der Waals surface area contributed by atoms with Gasteiger partial charge in [0, 0.05) is 59.6 Å². The highest BCUT2D eigenvalue weighted by Crippen LogP contribution is 2.39. The number of anilines is 2. The minimum Gasteiger partial charge on any atom is -0.351 e. The van der Waals surface area contributed by atoms with Gasteiger partial charge in [-0.2, -0.15) is 0 Å². The highest BCUT2D eigenvalue weighted by atomic mass is 16.1. The molecule has 5 aromatic rings. The summed E-state index contributed by atoms with van der Waals surface area (Å²) < 4.78 is 2.00. The van der Waals surface area contributed by atoms with Gasteiger partial charge in [0.2, 0.25) is 0 Å². The van der Waals surface area contributed by atoms with Crippen molar-refractivity contribution in [2.24, 2.45) is 7.05 Å². The number of aryl methyl sites for hydroxylation is 1. The van der Waals surface area contributed by atoms with E-state index in [9.17, 15) is 4.79 Å². The number of hydrogen-bond acceptors (Lipinski definition) is 6. The molecule has 1 amide bonds. The third-order valence-corrected chi connectivity index (χ3v) is 9.89. The predicted molar refractivity (Wildman–Crippen MR) is 188 cm³/mol. The van der Waals surface area contributed by atoms with Crippen LogP contribution >= 0.6 is 0 Å². The molecule has 238 valence electrons. The van der Waals surface area contributed by atoms with Crippen LogP contribution in [0.5, 0.6) is 0 Å². The maximum absolute atomic E-state index is 13.2. The molecule has 2 aliphatic heterocycles. The van der Waals surface area contributed by atoms with E-state index in [-0.39, 0.29) is 5.91 Å². The molecule has 0 radical (unpaired) electrons. The second kappa shape index (κ2) is 13.6. The van der Waals surface area contributed by atoms with Gasteiger partial charge in [0.15, 0.2) is 0 Å². The van der Waals surface area contributed by atoms with Crippen molar-refractivity contribution >= 4 is 39.1 Å². The Bertz CT molecular complexity index is 1800. The summed E-state index contributed by atoms with van der Waals surface area (Å²) >= 11 is 0. The van der Waals surface area contributed by atoms with E-state index in [0.29, 0.717) is 18.3 Å². The maximum atomic E-state index is 13.2. The van der Waals surface area contributed by atoms with Crippen LogP contribution in [0.15, 0.2) is 79.1 Å². The molecule has 0 aliphatic carbocycles. The van der Waals surface area contributed by atoms with E-state index in [2.05, 4.69) is 86.6 Å². The van der Waals surface area contributed by atoms with Crippen LogP contribution in [0.1, 0.15) is 49.0 Å². The lowest BCUT2D eigenvalue weighted by Gasteiger charge is -2.39. The molecule has 46 heavy (non-hydrogen) atoms. The molecule has 0 unspecified atom stereocenters. The first-order valence-electron chi connectivity index (χ1n) is 16.9. The van der Waals surface area contributed by atoms with Crippen LogP contribution in [-0.2, 0) is 7.05 Å². The Morgan fingerprint density at radius 1 is 0.935 bits per heavy atom. The second-order valence-electron chi connectivity index (χ2n) is 13.0. The number of aromatic nitrogens is 3. The van der Waals surface area contributed by atoms with Crippen molar-refractivity contribution in [3.63, 3.8) is 0 Å². The minimum atomic E-state index is -0.0193. The van der Waals surface area contributed by atoms with Crippen molar-refractivity contribution < 1.29 is 4.79 Å². The molecule has 0 spiro atoms. The molecule has 2 fully saturated rings. The summed E-state index contributed by atoms with van der Waals surface area (Å²) in [5.41, 5.74) is 6.90. The number of para-hydroxylation sites is 1. The molecule has 3 aromatic heterocycles. The number of amides is 1. The van der Waals surface area contributed by atoms with E-state index in [1.807, 2.05) is 36.1 Å². The molecule has 2 aromatic carbocycles. The minimum absolute atomic E-state index is 0.0193. The number of carbonyl (C=O) groups excluding carboxylic acids is 1. The van der Waals surface area contributed by atoms with E-state index in [1.54, 1.807) is 0 Å². The molecule has 0 saturated carbocycles. The van der Waals surface area contributed by atoms with Gasteiger partial charge in [-0.25, -0.2) is 4.98 Å². The molecular formula is C38H45N7O. The Morgan fingerprint density at radius 2 is 1.74 bits per heavy atom. The molecule has 2 saturated heterocycles. The smallest absolute Gasteiger partial charge is 0.267 e. The van der Waals surface area contributed by atoms with Crippen molar-refractivity contribution in [2.45, 2.75) is 44.6 Å². The van der Waals surface area contributed by atoms with Gasteiger partial charge in [-0.3, -0.25) is 9.78 Å². The number of carbonyl (C=O) groups is 1. The van der Waals surface area contributed by atoms with Gasteiger partial charge in [0.05, 0.1) is 16.9 Å². The van der Waals surface area contributed by atoms with Gasteiger partial charge >= 0.3 is 0 Å². The molecule has 2 aliphatic rings. The molecule has 8 nitrogen and oxygen atoms in total. The lowest BCUT2D eigenvalue weighted by Crippen LogP contribution is -2.41. The van der Waals surface area contributed by atoms with E-state index in [4.69, 9.17) is 4.98 Å². The third-order valence-electron chi connectivity index (χ3n) is 9.89. The quantitative estimate of drug-likeness (QED) is 0.188. The van der Waals surface area contributed by atoms with Gasteiger partial charge in [-0.1, -0.05) is 30.7 Å². The number of nitrogens with one attached hydrogen (secondary N) is 1. The fourth-order valence-electron chi connectivity index (χ4n) is 7.29. The van der Waals surface area contributed by atoms with Crippen LogP contribution in [0.25, 0.3) is 33.1 Å². The average Bonchev–Trinajstić information content (AvgIpc) is 3.44. The fraction of sp³-hybridized carbons (Fsp3) is 0.395. The van der Waals surface area contributed by atoms with Gasteiger partial charge < -0.3 is 24.6 Å². The zero-order chi connectivity index (χ0) is 31.5. The van der Waals surface area contributed by atoms with Crippen LogP contribution < -0.4 is 10.2 Å². The normalized spacial score (nSPS) is 16.7. The summed E-state index contributed by atoms with van der Waals surface area (Å²) in [4.78, 5) is 30.3. The van der Waals surface area contributed by atoms with Gasteiger partial charge in [-0.15, -0.1) is 0 Å². The average molecular weight is 616 g/mol. The molecule has 5 heterocycles. The summed E-state index contributed by atoms with van der Waals surface area (Å²) in [5.74, 6) is -0.0193. The Balaban J connectivity index is 1.19. The Morgan fingerprint density at radius 3 is 2.54 bits per heavy atom. The topological polar surface area (TPSA) is 69.5 Å². The van der Waals surface area contributed by atoms with Crippen LogP contribution in [0, 0.1) is 0 Å². The number of piperidine rings is 2. The number of hydrogen-bond donors (Lipinski definition) is 1. The molecule has 7 rings (SSSR count). The summed E-state index contributed by atoms with van der Waals surface area (Å²) in [5, 5.41) is 5.25. The van der Waals surface area contributed by atoms with Crippen LogP contribution in [0.3, 0.4) is 0 Å². The molecule has 1 N–H and O–H groups in total. The Hall–Kier alpha value is -4.27. The zero-order valence-corrected chi connectivity index (χ0v) is 27.2. The first-order valence-corrected chi connectivity index (χ1v) is 16.9. The first-order chi connectivity index (χ1) is 22.5. The highest BCUT2D eigenvalue weighted by molar-refractivity contribution is 6.00. The Kier molecular flexibility index (Phi) is 8.99. The fourth-order valence-corrected chi connectivity index (χ4v) is 7.29. The van der Waals surface area contributed by atoms with Crippen LogP contribution in [-0.4, -0.2) is 82.6 Å². The number of pyridine rings is 2. The summed E-state index contributed by atoms with van der Waals surface area (Å²) in [6, 6.07) is 23.8. The summed E-state index contributed by atoms with van der Waals surface area (Å²) in [7, 11) is 4.18. The molecule has 0 atom stereocenters. The van der Waals surface area contributed by atoms with Crippen molar-refractivity contribution in [3.05, 3.63) is 84.8 Å². The number of rotatable bonds is 9. The SMILES string of the molecule is CN1CCC(N(c2ccccc2)c2cc(-c3ccc4c(c3)cc(C(=O)NCCCN3CCCCC3)n4C)nc3ccncc23)CC1. The summed E-state index contributed by atoms with van der Waals surface area (Å²) in [6.45, 7) is 6.26. The second-order valence-corrected chi connectivity index (χ2v) is 13.0. The first kappa shape index (κ1) is 30.4. The van der Waals surface area contributed by atoms with E-state index < -0.39 is 0 Å². The third kappa shape index (κ3) is 6.37. The van der Waals surface area contributed by atoms with Crippen molar-refractivity contribution in [3.8, 4) is 11.3 Å². The van der Waals surface area contributed by atoms with Crippen molar-refractivity contribution in [1.82, 2.24) is 29.7 Å². The van der Waals surface area contributed by atoms with E-state index >= 15 is 0 Å². The van der Waals surface area contributed by atoms with E-state index in [1.165, 1.54) is 38.0 Å². The Labute approximate surface area is 272 Å². The molecular weight excluding hydrogens is 570 g/mol. The van der Waals surface area contributed by atoms with Crippen molar-refractivity contribution in [2.75, 3.05) is 51.2 Å². The monoisotopic (exact) mass is 615 g/mol. The molecule has 0 bridgehead atoms. The summed E-state index contributed by atoms with van der Waals surface area (Å²) in [6.07, 6.45) is 10.8. The maximum Gasteiger partial charge on any atom is 0.267 e. The number of likely N-dealkylation sites (tertiary alicyclic amines) is 2.